The van der Waals surface area contributed by atoms with E-state index in [0.717, 1.165) is 12.3 Å². The van der Waals surface area contributed by atoms with Crippen LogP contribution < -0.4 is 0 Å². The highest BCUT2D eigenvalue weighted by molar-refractivity contribution is 5.65. The van der Waals surface area contributed by atoms with Gasteiger partial charge < -0.3 is 4.74 Å². The molecule has 108 valence electrons. The van der Waals surface area contributed by atoms with Gasteiger partial charge in [0.2, 0.25) is 0 Å². The molecule has 0 bridgehead atoms. The van der Waals surface area contributed by atoms with E-state index in [-0.39, 0.29) is 5.97 Å². The molecule has 1 unspecified atom stereocenters. The molecule has 0 aliphatic carbocycles. The lowest BCUT2D eigenvalue weighted by Crippen LogP contribution is -2.08. The summed E-state index contributed by atoms with van der Waals surface area (Å²) >= 11 is 0. The first-order chi connectivity index (χ1) is 8.70. The van der Waals surface area contributed by atoms with Gasteiger partial charge in [-0.2, -0.15) is 0 Å². The zero-order valence-corrected chi connectivity index (χ0v) is 12.7. The highest BCUT2D eigenvalue weighted by atomic mass is 16.5. The Morgan fingerprint density at radius 2 is 1.44 bits per heavy atom. The largest absolute Gasteiger partial charge is 0.466 e. The van der Waals surface area contributed by atoms with E-state index < -0.39 is 0 Å². The molecule has 18 heavy (non-hydrogen) atoms. The second-order valence-corrected chi connectivity index (χ2v) is 5.34. The van der Waals surface area contributed by atoms with Gasteiger partial charge >= 0.3 is 5.97 Å². The van der Waals surface area contributed by atoms with Gasteiger partial charge in [-0.25, -0.2) is 0 Å². The van der Waals surface area contributed by atoms with Gasteiger partial charge in [0.05, 0.1) is 6.61 Å². The summed E-state index contributed by atoms with van der Waals surface area (Å²) in [5.41, 5.74) is 0. The Hall–Kier alpha value is -0.530. The Labute approximate surface area is 113 Å². The van der Waals surface area contributed by atoms with Gasteiger partial charge in [-0.1, -0.05) is 71.6 Å². The van der Waals surface area contributed by atoms with Crippen LogP contribution in [0.15, 0.2) is 0 Å². The number of ether oxygens (including phenoxy) is 1. The maximum Gasteiger partial charge on any atom is 0.302 e. The Balaban J connectivity index is 3.72. The lowest BCUT2D eigenvalue weighted by atomic mass is 9.92. The monoisotopic (exact) mass is 256 g/mol. The molecule has 0 aromatic carbocycles. The quantitative estimate of drug-likeness (QED) is 0.358. The molecule has 0 saturated carbocycles. The van der Waals surface area contributed by atoms with Crippen molar-refractivity contribution in [1.82, 2.24) is 0 Å². The Morgan fingerprint density at radius 3 is 2.00 bits per heavy atom. The molecule has 0 rings (SSSR count). The van der Waals surface area contributed by atoms with Crippen LogP contribution >= 0.6 is 0 Å². The second kappa shape index (κ2) is 12.9. The topological polar surface area (TPSA) is 26.3 Å². The summed E-state index contributed by atoms with van der Waals surface area (Å²) < 4.78 is 5.07. The number of hydrogen-bond donors (Lipinski definition) is 0. The highest BCUT2D eigenvalue weighted by Gasteiger charge is 2.09. The van der Waals surface area contributed by atoms with Crippen LogP contribution in [0.1, 0.15) is 85.0 Å². The summed E-state index contributed by atoms with van der Waals surface area (Å²) in [6.45, 7) is 6.60. The van der Waals surface area contributed by atoms with Crippen molar-refractivity contribution in [2.45, 2.75) is 85.0 Å². The first-order valence-corrected chi connectivity index (χ1v) is 7.84. The van der Waals surface area contributed by atoms with E-state index in [1.54, 1.807) is 0 Å². The number of rotatable bonds is 12. The normalized spacial score (nSPS) is 12.4. The number of carbonyl (C=O) groups excluding carboxylic acids is 1. The average Bonchev–Trinajstić information content (AvgIpc) is 2.33. The van der Waals surface area contributed by atoms with Crippen LogP contribution in [-0.2, 0) is 9.53 Å². The summed E-state index contributed by atoms with van der Waals surface area (Å²) in [6, 6.07) is 0. The predicted molar refractivity (Wildman–Crippen MR) is 77.6 cm³/mol. The minimum Gasteiger partial charge on any atom is -0.466 e. The molecule has 0 aromatic heterocycles. The van der Waals surface area contributed by atoms with Gasteiger partial charge in [-0.15, -0.1) is 0 Å². The smallest absolute Gasteiger partial charge is 0.302 e. The fourth-order valence-electron chi connectivity index (χ4n) is 2.35. The van der Waals surface area contributed by atoms with Crippen molar-refractivity contribution in [2.75, 3.05) is 6.61 Å². The molecule has 0 aliphatic heterocycles. The molecular formula is C16H32O2. The van der Waals surface area contributed by atoms with Gasteiger partial charge in [-0.3, -0.25) is 4.79 Å². The van der Waals surface area contributed by atoms with Crippen LogP contribution in [0.3, 0.4) is 0 Å². The van der Waals surface area contributed by atoms with Crippen LogP contribution in [0.5, 0.6) is 0 Å². The molecular weight excluding hydrogens is 224 g/mol. The van der Waals surface area contributed by atoms with Crippen molar-refractivity contribution >= 4 is 5.97 Å². The van der Waals surface area contributed by atoms with E-state index in [1.165, 1.54) is 64.7 Å². The fraction of sp³-hybridized carbons (Fsp3) is 0.938. The molecule has 0 saturated heterocycles. The minimum absolute atomic E-state index is 0.145. The lowest BCUT2D eigenvalue weighted by molar-refractivity contribution is -0.141. The summed E-state index contributed by atoms with van der Waals surface area (Å²) in [5.74, 6) is 0.612. The number of unbranched alkanes of at least 4 members (excludes halogenated alkanes) is 5. The Bertz CT molecular complexity index is 190. The van der Waals surface area contributed by atoms with E-state index in [9.17, 15) is 4.79 Å². The molecule has 1 atom stereocenters. The molecule has 2 heteroatoms. The van der Waals surface area contributed by atoms with Crippen molar-refractivity contribution < 1.29 is 9.53 Å². The molecule has 0 aliphatic rings. The van der Waals surface area contributed by atoms with Crippen molar-refractivity contribution in [3.05, 3.63) is 0 Å². The molecule has 0 amide bonds. The van der Waals surface area contributed by atoms with Crippen molar-refractivity contribution in [2.24, 2.45) is 5.92 Å². The first-order valence-electron chi connectivity index (χ1n) is 7.84. The molecule has 0 spiro atoms. The third-order valence-corrected chi connectivity index (χ3v) is 3.51. The van der Waals surface area contributed by atoms with Gasteiger partial charge in [0.25, 0.3) is 0 Å². The fourth-order valence-corrected chi connectivity index (χ4v) is 2.35. The molecule has 0 N–H and O–H groups in total. The zero-order valence-electron chi connectivity index (χ0n) is 12.7. The van der Waals surface area contributed by atoms with Crippen LogP contribution in [0.4, 0.5) is 0 Å². The highest BCUT2D eigenvalue weighted by Crippen LogP contribution is 2.21. The number of hydrogen-bond acceptors (Lipinski definition) is 2. The van der Waals surface area contributed by atoms with Gasteiger partial charge in [0, 0.05) is 6.92 Å². The Kier molecular flexibility index (Phi) is 12.5. The van der Waals surface area contributed by atoms with E-state index in [4.69, 9.17) is 4.74 Å². The summed E-state index contributed by atoms with van der Waals surface area (Å²) in [4.78, 5) is 10.8. The van der Waals surface area contributed by atoms with E-state index >= 15 is 0 Å². The lowest BCUT2D eigenvalue weighted by Gasteiger charge is -2.16. The SMILES string of the molecule is CCCCCCC(CCCCC)CCOC(C)=O. The maximum atomic E-state index is 10.8. The van der Waals surface area contributed by atoms with Gasteiger partial charge in [0.15, 0.2) is 0 Å². The third-order valence-electron chi connectivity index (χ3n) is 3.51. The molecule has 0 radical (unpaired) electrons. The summed E-state index contributed by atoms with van der Waals surface area (Å²) in [6.07, 6.45) is 13.0. The van der Waals surface area contributed by atoms with Crippen molar-refractivity contribution in [3.8, 4) is 0 Å². The Morgan fingerprint density at radius 1 is 0.889 bits per heavy atom. The van der Waals surface area contributed by atoms with Gasteiger partial charge in [-0.05, 0) is 12.3 Å². The van der Waals surface area contributed by atoms with Crippen LogP contribution in [-0.4, -0.2) is 12.6 Å². The van der Waals surface area contributed by atoms with Crippen LogP contribution in [0.2, 0.25) is 0 Å². The number of carbonyl (C=O) groups is 1. The molecule has 0 aromatic rings. The third kappa shape index (κ3) is 11.9. The second-order valence-electron chi connectivity index (χ2n) is 5.34. The minimum atomic E-state index is -0.145. The molecule has 0 fully saturated rings. The van der Waals surface area contributed by atoms with Crippen LogP contribution in [0, 0.1) is 5.92 Å². The van der Waals surface area contributed by atoms with Gasteiger partial charge in [0.1, 0.15) is 0 Å². The van der Waals surface area contributed by atoms with Crippen molar-refractivity contribution in [1.29, 1.82) is 0 Å². The summed E-state index contributed by atoms with van der Waals surface area (Å²) in [5, 5.41) is 0. The first kappa shape index (κ1) is 17.5. The van der Waals surface area contributed by atoms with Crippen LogP contribution in [0.25, 0.3) is 0 Å². The molecule has 0 heterocycles. The summed E-state index contributed by atoms with van der Waals surface area (Å²) in [7, 11) is 0. The number of esters is 1. The maximum absolute atomic E-state index is 10.8. The zero-order chi connectivity index (χ0) is 13.6. The van der Waals surface area contributed by atoms with E-state index in [0.29, 0.717) is 6.61 Å². The van der Waals surface area contributed by atoms with Crippen molar-refractivity contribution in [3.63, 3.8) is 0 Å². The predicted octanol–water partition coefficient (Wildman–Crippen LogP) is 5.11. The molecule has 2 nitrogen and oxygen atoms in total. The van der Waals surface area contributed by atoms with E-state index in [2.05, 4.69) is 13.8 Å². The standard InChI is InChI=1S/C16H32O2/c1-4-6-8-10-12-16(11-9-7-5-2)13-14-18-15(3)17/h16H,4-14H2,1-3H3. The average molecular weight is 256 g/mol. The van der Waals surface area contributed by atoms with E-state index in [1.807, 2.05) is 0 Å².